The van der Waals surface area contributed by atoms with Crippen LogP contribution in [0.5, 0.6) is 0 Å². The zero-order valence-corrected chi connectivity index (χ0v) is 15.0. The molecule has 0 radical (unpaired) electrons. The molecule has 0 saturated carbocycles. The zero-order valence-electron chi connectivity index (χ0n) is 13.4. The average Bonchev–Trinajstić information content (AvgIpc) is 2.55. The Kier molecular flexibility index (Phi) is 5.86. The Hall–Kier alpha value is -2.32. The molecule has 3 N–H and O–H groups in total. The zero-order chi connectivity index (χ0) is 17.2. The van der Waals surface area contributed by atoms with Gasteiger partial charge in [-0.15, -0.1) is 16.8 Å². The van der Waals surface area contributed by atoms with Gasteiger partial charge >= 0.3 is 0 Å². The largest absolute Gasteiger partial charge is 0.399 e. The summed E-state index contributed by atoms with van der Waals surface area (Å²) in [6.45, 7) is 0.803. The van der Waals surface area contributed by atoms with Gasteiger partial charge in [0.15, 0.2) is 0 Å². The van der Waals surface area contributed by atoms with Crippen LogP contribution in [0.4, 0.5) is 5.69 Å². The van der Waals surface area contributed by atoms with Crippen LogP contribution in [0.1, 0.15) is 5.56 Å². The van der Waals surface area contributed by atoms with E-state index in [0.29, 0.717) is 36.6 Å². The van der Waals surface area contributed by atoms with E-state index in [2.05, 4.69) is 9.71 Å². The molecular weight excluding hydrogens is 364 g/mol. The Morgan fingerprint density at radius 3 is 2.68 bits per heavy atom. The minimum absolute atomic E-state index is 0. The number of nitrogen functional groups attached to an aromatic ring is 1. The molecular formula is C16H19ClN4O3S. The normalized spacial score (nSPS) is 17.7. The highest BCUT2D eigenvalue weighted by Gasteiger charge is 2.24. The van der Waals surface area contributed by atoms with Crippen LogP contribution in [0.25, 0.3) is 0 Å². The van der Waals surface area contributed by atoms with E-state index in [9.17, 15) is 13.2 Å². The minimum Gasteiger partial charge on any atom is -0.399 e. The fourth-order valence-electron chi connectivity index (χ4n) is 2.44. The number of carbonyl (C=O) groups excluding carboxylic acids is 1. The summed E-state index contributed by atoms with van der Waals surface area (Å²) in [5.74, 6) is 0.0984. The van der Waals surface area contributed by atoms with Crippen molar-refractivity contribution in [1.29, 1.82) is 0 Å². The molecule has 1 aromatic rings. The molecule has 1 aromatic carbocycles. The van der Waals surface area contributed by atoms with Crippen LogP contribution in [0.3, 0.4) is 0 Å². The van der Waals surface area contributed by atoms with E-state index in [1.165, 1.54) is 0 Å². The molecule has 0 spiro atoms. The molecule has 9 heteroatoms. The molecule has 1 amide bonds. The van der Waals surface area contributed by atoms with Gasteiger partial charge in [0, 0.05) is 25.0 Å². The predicted molar refractivity (Wildman–Crippen MR) is 100.0 cm³/mol. The summed E-state index contributed by atoms with van der Waals surface area (Å²) in [6, 6.07) is 7.51. The molecule has 0 saturated heterocycles. The Morgan fingerprint density at radius 1 is 1.24 bits per heavy atom. The van der Waals surface area contributed by atoms with Crippen LogP contribution < -0.4 is 11.1 Å². The summed E-state index contributed by atoms with van der Waals surface area (Å²) in [5.41, 5.74) is 7.91. The van der Waals surface area contributed by atoms with Crippen LogP contribution in [0, 0.1) is 0 Å². The lowest BCUT2D eigenvalue weighted by Crippen LogP contribution is -2.38. The third-order valence-electron chi connectivity index (χ3n) is 3.77. The fourth-order valence-corrected chi connectivity index (χ4v) is 3.41. The molecule has 0 bridgehead atoms. The molecule has 0 atom stereocenters. The maximum atomic E-state index is 12.2. The molecule has 3 rings (SSSR count). The van der Waals surface area contributed by atoms with Crippen LogP contribution in [0.2, 0.25) is 0 Å². The third kappa shape index (κ3) is 4.83. The molecule has 0 unspecified atom stereocenters. The number of nitrogens with two attached hydrogens (primary N) is 1. The second-order valence-electron chi connectivity index (χ2n) is 5.59. The van der Waals surface area contributed by atoms with Crippen molar-refractivity contribution in [2.75, 3.05) is 24.6 Å². The van der Waals surface area contributed by atoms with Gasteiger partial charge in [0.2, 0.25) is 0 Å². The van der Waals surface area contributed by atoms with Gasteiger partial charge in [0.05, 0.1) is 11.3 Å². The first-order valence-corrected chi connectivity index (χ1v) is 9.16. The number of sulfonamides is 1. The van der Waals surface area contributed by atoms with Crippen LogP contribution >= 0.6 is 12.4 Å². The second-order valence-corrected chi connectivity index (χ2v) is 7.35. The summed E-state index contributed by atoms with van der Waals surface area (Å²) in [7, 11) is -3.38. The first-order chi connectivity index (χ1) is 11.4. The lowest BCUT2D eigenvalue weighted by molar-refractivity contribution is -0.117. The lowest BCUT2D eigenvalue weighted by atomic mass is 10.1. The summed E-state index contributed by atoms with van der Waals surface area (Å²) in [5, 5.41) is 2.85. The molecule has 2 aliphatic heterocycles. The van der Waals surface area contributed by atoms with Gasteiger partial charge in [0.1, 0.15) is 5.84 Å². The number of hydrogen-bond acceptors (Lipinski definition) is 5. The quantitative estimate of drug-likeness (QED) is 0.751. The molecule has 2 aliphatic rings. The van der Waals surface area contributed by atoms with Crippen molar-refractivity contribution < 1.29 is 13.2 Å². The number of benzene rings is 1. The molecule has 134 valence electrons. The van der Waals surface area contributed by atoms with Crippen molar-refractivity contribution >= 4 is 39.9 Å². The van der Waals surface area contributed by atoms with E-state index in [4.69, 9.17) is 5.73 Å². The average molecular weight is 383 g/mol. The minimum atomic E-state index is -3.38. The van der Waals surface area contributed by atoms with Crippen LogP contribution in [-0.2, 0) is 21.2 Å². The highest BCUT2D eigenvalue weighted by molar-refractivity contribution is 7.90. The molecule has 7 nitrogen and oxygen atoms in total. The number of fused-ring (bicyclic) bond motifs is 1. The first kappa shape index (κ1) is 19.0. The van der Waals surface area contributed by atoms with Gasteiger partial charge in [-0.25, -0.2) is 8.42 Å². The van der Waals surface area contributed by atoms with Crippen LogP contribution in [0.15, 0.2) is 52.6 Å². The number of nitrogens with zero attached hydrogens (tertiary/aromatic N) is 2. The number of halogens is 1. The predicted octanol–water partition coefficient (Wildman–Crippen LogP) is 0.847. The SMILES string of the molecule is Cl.Nc1ccc(CCNC(=O)C2=CN3CCS(=O)(=O)N=C3C=C2)cc1. The number of amidine groups is 1. The van der Waals surface area contributed by atoms with Gasteiger partial charge in [-0.1, -0.05) is 12.1 Å². The number of nitrogens with one attached hydrogen (secondary N) is 1. The van der Waals surface area contributed by atoms with E-state index >= 15 is 0 Å². The molecule has 0 aromatic heterocycles. The number of amides is 1. The van der Waals surface area contributed by atoms with Crippen molar-refractivity contribution in [3.8, 4) is 0 Å². The smallest absolute Gasteiger partial charge is 0.256 e. The van der Waals surface area contributed by atoms with E-state index in [-0.39, 0.29) is 24.1 Å². The number of carbonyl (C=O) groups is 1. The molecule has 25 heavy (non-hydrogen) atoms. The maximum absolute atomic E-state index is 12.2. The van der Waals surface area contributed by atoms with Gasteiger partial charge in [-0.05, 0) is 36.3 Å². The van der Waals surface area contributed by atoms with Crippen molar-refractivity contribution in [2.24, 2.45) is 4.40 Å². The summed E-state index contributed by atoms with van der Waals surface area (Å²) in [6.07, 6.45) is 5.46. The second kappa shape index (κ2) is 7.71. The standard InChI is InChI=1S/C16H18N4O3S.ClH/c17-14-4-1-12(2-5-14)7-8-18-16(21)13-3-6-15-19-24(22,23)10-9-20(15)11-13;/h1-6,11H,7-10,17H2,(H,18,21);1H. The van der Waals surface area contributed by atoms with E-state index < -0.39 is 10.0 Å². The van der Waals surface area contributed by atoms with Gasteiger partial charge in [-0.2, -0.15) is 0 Å². The number of rotatable bonds is 4. The van der Waals surface area contributed by atoms with Crippen molar-refractivity contribution in [3.05, 3.63) is 53.8 Å². The van der Waals surface area contributed by atoms with Crippen LogP contribution in [-0.4, -0.2) is 43.9 Å². The molecule has 0 fully saturated rings. The summed E-state index contributed by atoms with van der Waals surface area (Å²) in [4.78, 5) is 13.9. The maximum Gasteiger partial charge on any atom is 0.256 e. The Balaban J connectivity index is 0.00000225. The Bertz CT molecular complexity index is 845. The van der Waals surface area contributed by atoms with E-state index in [1.54, 1.807) is 23.3 Å². The third-order valence-corrected chi connectivity index (χ3v) is 4.93. The van der Waals surface area contributed by atoms with Gasteiger partial charge in [0.25, 0.3) is 15.9 Å². The first-order valence-electron chi connectivity index (χ1n) is 7.55. The Labute approximate surface area is 152 Å². The number of hydrogen-bond donors (Lipinski definition) is 2. The van der Waals surface area contributed by atoms with Gasteiger partial charge < -0.3 is 16.0 Å². The van der Waals surface area contributed by atoms with Gasteiger partial charge in [-0.3, -0.25) is 4.79 Å². The number of anilines is 1. The van der Waals surface area contributed by atoms with Crippen molar-refractivity contribution in [3.63, 3.8) is 0 Å². The monoisotopic (exact) mass is 382 g/mol. The van der Waals surface area contributed by atoms with Crippen molar-refractivity contribution in [1.82, 2.24) is 10.2 Å². The summed E-state index contributed by atoms with van der Waals surface area (Å²) < 4.78 is 26.6. The Morgan fingerprint density at radius 2 is 1.96 bits per heavy atom. The van der Waals surface area contributed by atoms with E-state index in [0.717, 1.165) is 5.56 Å². The topological polar surface area (TPSA) is 105 Å². The van der Waals surface area contributed by atoms with E-state index in [1.807, 2.05) is 24.3 Å². The summed E-state index contributed by atoms with van der Waals surface area (Å²) >= 11 is 0. The fraction of sp³-hybridized carbons (Fsp3) is 0.250. The highest BCUT2D eigenvalue weighted by Crippen LogP contribution is 2.15. The lowest BCUT2D eigenvalue weighted by Gasteiger charge is -2.26. The van der Waals surface area contributed by atoms with Crippen molar-refractivity contribution in [2.45, 2.75) is 6.42 Å². The molecule has 2 heterocycles. The highest BCUT2D eigenvalue weighted by atomic mass is 35.5. The molecule has 0 aliphatic carbocycles.